The van der Waals surface area contributed by atoms with Gasteiger partial charge in [0.1, 0.15) is 0 Å². The smallest absolute Gasteiger partial charge is 0.381 e. The van der Waals surface area contributed by atoms with Crippen LogP contribution in [0.5, 0.6) is 0 Å². The van der Waals surface area contributed by atoms with Crippen LogP contribution < -0.4 is 5.32 Å². The van der Waals surface area contributed by atoms with Crippen LogP contribution in [0.2, 0.25) is 0 Å². The first-order valence-electron chi connectivity index (χ1n) is 9.11. The summed E-state index contributed by atoms with van der Waals surface area (Å²) < 4.78 is 40.0. The molecule has 146 valence electrons. The molecule has 3 nitrogen and oxygen atoms in total. The summed E-state index contributed by atoms with van der Waals surface area (Å²) in [5.41, 5.74) is 3.64. The number of hydrogen-bond donors (Lipinski definition) is 1. The van der Waals surface area contributed by atoms with Gasteiger partial charge in [-0.05, 0) is 36.4 Å². The highest BCUT2D eigenvalue weighted by Crippen LogP contribution is 2.30. The summed E-state index contributed by atoms with van der Waals surface area (Å²) in [6.07, 6.45) is -2.40. The third-order valence-electron chi connectivity index (χ3n) is 4.55. The molecule has 0 aliphatic heterocycles. The van der Waals surface area contributed by atoms with Gasteiger partial charge < -0.3 is 5.32 Å². The number of aromatic nitrogens is 2. The van der Waals surface area contributed by atoms with Crippen molar-refractivity contribution in [3.8, 4) is 16.9 Å². The van der Waals surface area contributed by atoms with Gasteiger partial charge in [-0.15, -0.1) is 0 Å². The molecule has 1 aromatic heterocycles. The molecule has 0 spiro atoms. The normalized spacial score (nSPS) is 11.4. The van der Waals surface area contributed by atoms with Gasteiger partial charge in [0.2, 0.25) is 0 Å². The van der Waals surface area contributed by atoms with E-state index in [2.05, 4.69) is 5.32 Å². The fourth-order valence-corrected chi connectivity index (χ4v) is 3.07. The average Bonchev–Trinajstić information content (AvgIpc) is 3.17. The molecule has 0 aliphatic carbocycles. The van der Waals surface area contributed by atoms with Gasteiger partial charge in [0.15, 0.2) is 0 Å². The van der Waals surface area contributed by atoms with Gasteiger partial charge in [0, 0.05) is 29.6 Å². The van der Waals surface area contributed by atoms with Crippen molar-refractivity contribution in [2.24, 2.45) is 0 Å². The molecule has 6 heteroatoms. The van der Waals surface area contributed by atoms with E-state index in [1.807, 2.05) is 71.5 Å². The first-order chi connectivity index (χ1) is 14.0. The fraction of sp³-hybridized carbons (Fsp3) is 0.0870. The average molecular weight is 393 g/mol. The Morgan fingerprint density at radius 2 is 1.41 bits per heavy atom. The maximum atomic E-state index is 12.7. The van der Waals surface area contributed by atoms with Gasteiger partial charge >= 0.3 is 6.18 Å². The summed E-state index contributed by atoms with van der Waals surface area (Å²) in [7, 11) is 0. The predicted molar refractivity (Wildman–Crippen MR) is 108 cm³/mol. The molecular formula is C23H18F3N3. The highest BCUT2D eigenvalue weighted by molar-refractivity contribution is 5.64. The molecule has 0 radical (unpaired) electrons. The third kappa shape index (κ3) is 4.32. The van der Waals surface area contributed by atoms with Crippen molar-refractivity contribution in [3.63, 3.8) is 0 Å². The first kappa shape index (κ1) is 18.8. The zero-order chi connectivity index (χ0) is 20.3. The number of nitrogens with zero attached hydrogens (tertiary/aromatic N) is 2. The second-order valence-electron chi connectivity index (χ2n) is 6.58. The Morgan fingerprint density at radius 1 is 0.793 bits per heavy atom. The monoisotopic (exact) mass is 393 g/mol. The lowest BCUT2D eigenvalue weighted by Gasteiger charge is -2.09. The van der Waals surface area contributed by atoms with Crippen LogP contribution in [0.4, 0.5) is 18.9 Å². The Labute approximate surface area is 166 Å². The summed E-state index contributed by atoms with van der Waals surface area (Å²) >= 11 is 0. The molecule has 0 aliphatic rings. The Balaban J connectivity index is 1.61. The standard InChI is InChI=1S/C23H18F3N3/c24-23(25,26)19-11-13-20(14-12-19)27-15-18-16-29(21-9-5-2-6-10-21)28-22(18)17-7-3-1-4-8-17/h1-14,16,27H,15H2. The fourth-order valence-electron chi connectivity index (χ4n) is 3.07. The van der Waals surface area contributed by atoms with Crippen molar-refractivity contribution in [1.29, 1.82) is 0 Å². The number of benzene rings is 3. The number of anilines is 1. The van der Waals surface area contributed by atoms with Gasteiger partial charge in [-0.3, -0.25) is 0 Å². The number of alkyl halides is 3. The Kier molecular flexibility index (Phi) is 5.08. The third-order valence-corrected chi connectivity index (χ3v) is 4.55. The number of para-hydroxylation sites is 1. The molecule has 0 amide bonds. The van der Waals surface area contributed by atoms with E-state index in [-0.39, 0.29) is 0 Å². The lowest BCUT2D eigenvalue weighted by Crippen LogP contribution is -2.05. The van der Waals surface area contributed by atoms with Gasteiger partial charge in [-0.2, -0.15) is 18.3 Å². The molecule has 0 bridgehead atoms. The van der Waals surface area contributed by atoms with E-state index in [4.69, 9.17) is 5.10 Å². The Morgan fingerprint density at radius 3 is 2.03 bits per heavy atom. The molecule has 0 saturated heterocycles. The van der Waals surface area contributed by atoms with E-state index in [9.17, 15) is 13.2 Å². The second kappa shape index (κ2) is 7.83. The lowest BCUT2D eigenvalue weighted by molar-refractivity contribution is -0.137. The summed E-state index contributed by atoms with van der Waals surface area (Å²) in [6.45, 7) is 0.433. The zero-order valence-corrected chi connectivity index (χ0v) is 15.4. The minimum Gasteiger partial charge on any atom is -0.381 e. The topological polar surface area (TPSA) is 29.9 Å². The predicted octanol–water partition coefficient (Wildman–Crippen LogP) is 6.17. The molecular weight excluding hydrogens is 375 g/mol. The van der Waals surface area contributed by atoms with Crippen LogP contribution in [0.15, 0.2) is 91.1 Å². The lowest BCUT2D eigenvalue weighted by atomic mass is 10.1. The molecule has 29 heavy (non-hydrogen) atoms. The summed E-state index contributed by atoms with van der Waals surface area (Å²) in [6, 6.07) is 24.6. The van der Waals surface area contributed by atoms with Crippen molar-refractivity contribution >= 4 is 5.69 Å². The quantitative estimate of drug-likeness (QED) is 0.439. The van der Waals surface area contributed by atoms with Gasteiger partial charge in [-0.25, -0.2) is 4.68 Å². The van der Waals surface area contributed by atoms with Crippen molar-refractivity contribution < 1.29 is 13.2 Å². The Bertz CT molecular complexity index is 1070. The SMILES string of the molecule is FC(F)(F)c1ccc(NCc2cn(-c3ccccc3)nc2-c2ccccc2)cc1. The molecule has 0 fully saturated rings. The van der Waals surface area contributed by atoms with Crippen molar-refractivity contribution in [2.75, 3.05) is 5.32 Å². The minimum atomic E-state index is -4.34. The van der Waals surface area contributed by atoms with Crippen LogP contribution in [0, 0.1) is 0 Å². The summed E-state index contributed by atoms with van der Waals surface area (Å²) in [4.78, 5) is 0. The molecule has 0 atom stereocenters. The first-order valence-corrected chi connectivity index (χ1v) is 9.11. The van der Waals surface area contributed by atoms with E-state index in [0.29, 0.717) is 12.2 Å². The molecule has 4 aromatic rings. The number of halogens is 3. The molecule has 3 aromatic carbocycles. The second-order valence-corrected chi connectivity index (χ2v) is 6.58. The highest BCUT2D eigenvalue weighted by atomic mass is 19.4. The molecule has 1 heterocycles. The van der Waals surface area contributed by atoms with Crippen LogP contribution in [0.25, 0.3) is 16.9 Å². The van der Waals surface area contributed by atoms with E-state index < -0.39 is 11.7 Å². The minimum absolute atomic E-state index is 0.433. The van der Waals surface area contributed by atoms with Gasteiger partial charge in [0.25, 0.3) is 0 Å². The van der Waals surface area contributed by atoms with Crippen LogP contribution >= 0.6 is 0 Å². The van der Waals surface area contributed by atoms with Crippen molar-refractivity contribution in [1.82, 2.24) is 9.78 Å². The number of rotatable bonds is 5. The van der Waals surface area contributed by atoms with Crippen LogP contribution in [0.3, 0.4) is 0 Å². The maximum absolute atomic E-state index is 12.7. The van der Waals surface area contributed by atoms with Gasteiger partial charge in [0.05, 0.1) is 16.9 Å². The summed E-state index contributed by atoms with van der Waals surface area (Å²) in [5.74, 6) is 0. The van der Waals surface area contributed by atoms with E-state index in [1.54, 1.807) is 0 Å². The van der Waals surface area contributed by atoms with Gasteiger partial charge in [-0.1, -0.05) is 48.5 Å². The number of nitrogens with one attached hydrogen (secondary N) is 1. The van der Waals surface area contributed by atoms with Crippen molar-refractivity contribution in [2.45, 2.75) is 12.7 Å². The maximum Gasteiger partial charge on any atom is 0.416 e. The molecule has 1 N–H and O–H groups in total. The molecule has 0 unspecified atom stereocenters. The van der Waals surface area contributed by atoms with Crippen LogP contribution in [-0.4, -0.2) is 9.78 Å². The molecule has 0 saturated carbocycles. The van der Waals surface area contributed by atoms with E-state index in [1.165, 1.54) is 12.1 Å². The van der Waals surface area contributed by atoms with Crippen molar-refractivity contribution in [3.05, 3.63) is 102 Å². The largest absolute Gasteiger partial charge is 0.416 e. The van der Waals surface area contributed by atoms with E-state index in [0.717, 1.165) is 34.6 Å². The zero-order valence-electron chi connectivity index (χ0n) is 15.4. The summed E-state index contributed by atoms with van der Waals surface area (Å²) in [5, 5.41) is 7.93. The van der Waals surface area contributed by atoms with E-state index >= 15 is 0 Å². The Hall–Kier alpha value is -3.54. The molecule has 4 rings (SSSR count). The number of hydrogen-bond acceptors (Lipinski definition) is 2. The highest BCUT2D eigenvalue weighted by Gasteiger charge is 2.29. The van der Waals surface area contributed by atoms with Crippen LogP contribution in [0.1, 0.15) is 11.1 Å². The van der Waals surface area contributed by atoms with Crippen LogP contribution in [-0.2, 0) is 12.7 Å².